The number of hydrogen-bond donors (Lipinski definition) is 1. The number of benzene rings is 1. The van der Waals surface area contributed by atoms with Crippen LogP contribution < -0.4 is 5.73 Å². The van der Waals surface area contributed by atoms with Gasteiger partial charge in [-0.25, -0.2) is 0 Å². The molecular weight excluding hydrogens is 194 g/mol. The smallest absolute Gasteiger partial charge is 0.0414 e. The van der Waals surface area contributed by atoms with E-state index in [0.29, 0.717) is 0 Å². The molecule has 88 valence electrons. The molecule has 2 unspecified atom stereocenters. The molecule has 1 aliphatic rings. The Morgan fingerprint density at radius 3 is 2.38 bits per heavy atom. The molecule has 0 radical (unpaired) electrons. The monoisotopic (exact) mass is 217 g/mol. The summed E-state index contributed by atoms with van der Waals surface area (Å²) in [5.41, 5.74) is 9.17. The maximum Gasteiger partial charge on any atom is 0.0414 e. The summed E-state index contributed by atoms with van der Waals surface area (Å²) in [5.74, 6) is 1.49. The molecule has 0 aliphatic heterocycles. The van der Waals surface area contributed by atoms with Gasteiger partial charge in [0.2, 0.25) is 0 Å². The average molecular weight is 217 g/mol. The van der Waals surface area contributed by atoms with Crippen LogP contribution in [0.2, 0.25) is 0 Å². The number of nitrogens with two attached hydrogens (primary N) is 1. The van der Waals surface area contributed by atoms with Crippen molar-refractivity contribution in [1.29, 1.82) is 0 Å². The van der Waals surface area contributed by atoms with Crippen LogP contribution >= 0.6 is 0 Å². The normalized spacial score (nSPS) is 35.0. The molecule has 1 aliphatic carbocycles. The van der Waals surface area contributed by atoms with Gasteiger partial charge in [0, 0.05) is 5.54 Å². The minimum absolute atomic E-state index is 0.0941. The van der Waals surface area contributed by atoms with E-state index in [4.69, 9.17) is 5.73 Å². The Kier molecular flexibility index (Phi) is 3.07. The van der Waals surface area contributed by atoms with Crippen molar-refractivity contribution in [3.05, 3.63) is 35.4 Å². The highest BCUT2D eigenvalue weighted by molar-refractivity contribution is 5.29. The van der Waals surface area contributed by atoms with Gasteiger partial charge in [0.05, 0.1) is 0 Å². The third-order valence-corrected chi connectivity index (χ3v) is 3.82. The zero-order valence-electron chi connectivity index (χ0n) is 10.7. The molecule has 0 aromatic heterocycles. The molecule has 0 amide bonds. The van der Waals surface area contributed by atoms with E-state index in [-0.39, 0.29) is 5.54 Å². The zero-order chi connectivity index (χ0) is 11.8. The van der Waals surface area contributed by atoms with Gasteiger partial charge in [-0.1, -0.05) is 43.7 Å². The van der Waals surface area contributed by atoms with Gasteiger partial charge < -0.3 is 5.73 Å². The molecule has 0 heterocycles. The Balaban J connectivity index is 2.30. The summed E-state index contributed by atoms with van der Waals surface area (Å²) in [7, 11) is 0. The van der Waals surface area contributed by atoms with Crippen molar-refractivity contribution in [2.75, 3.05) is 0 Å². The van der Waals surface area contributed by atoms with Gasteiger partial charge in [0.1, 0.15) is 0 Å². The Bertz CT molecular complexity index is 359. The summed E-state index contributed by atoms with van der Waals surface area (Å²) >= 11 is 0. The Hall–Kier alpha value is -0.820. The third-order valence-electron chi connectivity index (χ3n) is 3.82. The van der Waals surface area contributed by atoms with Gasteiger partial charge in [-0.3, -0.25) is 0 Å². The van der Waals surface area contributed by atoms with Crippen LogP contribution in [0.1, 0.15) is 44.2 Å². The lowest BCUT2D eigenvalue weighted by Crippen LogP contribution is -2.43. The predicted octanol–water partition coefficient (Wildman–Crippen LogP) is 3.61. The molecule has 0 bridgehead atoms. The lowest BCUT2D eigenvalue weighted by atomic mass is 9.69. The minimum atomic E-state index is -0.0941. The number of hydrogen-bond acceptors (Lipinski definition) is 1. The molecule has 1 aromatic carbocycles. The topological polar surface area (TPSA) is 26.0 Å². The van der Waals surface area contributed by atoms with E-state index in [0.717, 1.165) is 24.7 Å². The first-order chi connectivity index (χ1) is 7.49. The van der Waals surface area contributed by atoms with Crippen LogP contribution in [0, 0.1) is 18.8 Å². The molecule has 1 saturated carbocycles. The van der Waals surface area contributed by atoms with Crippen molar-refractivity contribution in [2.24, 2.45) is 17.6 Å². The second-order valence-electron chi connectivity index (χ2n) is 5.88. The molecule has 1 fully saturated rings. The second kappa shape index (κ2) is 4.21. The summed E-state index contributed by atoms with van der Waals surface area (Å²) in [5, 5.41) is 0. The molecule has 0 saturated heterocycles. The number of aryl methyl sites for hydroxylation is 1. The highest BCUT2D eigenvalue weighted by atomic mass is 14.8. The number of rotatable bonds is 1. The van der Waals surface area contributed by atoms with Crippen molar-refractivity contribution in [3.8, 4) is 0 Å². The van der Waals surface area contributed by atoms with Crippen LogP contribution in [0.25, 0.3) is 0 Å². The largest absolute Gasteiger partial charge is 0.321 e. The van der Waals surface area contributed by atoms with E-state index < -0.39 is 0 Å². The van der Waals surface area contributed by atoms with Crippen molar-refractivity contribution in [3.63, 3.8) is 0 Å². The van der Waals surface area contributed by atoms with Crippen LogP contribution in [-0.4, -0.2) is 0 Å². The first-order valence-corrected chi connectivity index (χ1v) is 6.35. The van der Waals surface area contributed by atoms with Crippen LogP contribution in [0.5, 0.6) is 0 Å². The van der Waals surface area contributed by atoms with Crippen molar-refractivity contribution in [1.82, 2.24) is 0 Å². The van der Waals surface area contributed by atoms with Crippen LogP contribution in [0.15, 0.2) is 24.3 Å². The van der Waals surface area contributed by atoms with E-state index in [1.54, 1.807) is 0 Å². The minimum Gasteiger partial charge on any atom is -0.321 e. The van der Waals surface area contributed by atoms with Gasteiger partial charge in [-0.05, 0) is 43.6 Å². The lowest BCUT2D eigenvalue weighted by molar-refractivity contribution is 0.183. The van der Waals surface area contributed by atoms with Gasteiger partial charge in [-0.15, -0.1) is 0 Å². The maximum atomic E-state index is 6.63. The molecular formula is C15H23N. The van der Waals surface area contributed by atoms with Crippen molar-refractivity contribution < 1.29 is 0 Å². The summed E-state index contributed by atoms with van der Waals surface area (Å²) in [6, 6.07) is 8.72. The molecule has 0 spiro atoms. The summed E-state index contributed by atoms with van der Waals surface area (Å²) in [4.78, 5) is 0. The highest BCUT2D eigenvalue weighted by Crippen LogP contribution is 2.40. The van der Waals surface area contributed by atoms with Gasteiger partial charge >= 0.3 is 0 Å². The summed E-state index contributed by atoms with van der Waals surface area (Å²) in [6.45, 7) is 6.79. The fourth-order valence-electron chi connectivity index (χ4n) is 3.37. The molecule has 1 heteroatoms. The van der Waals surface area contributed by atoms with Gasteiger partial charge in [0.25, 0.3) is 0 Å². The molecule has 16 heavy (non-hydrogen) atoms. The molecule has 2 N–H and O–H groups in total. The Morgan fingerprint density at radius 2 is 1.81 bits per heavy atom. The average Bonchev–Trinajstić information content (AvgIpc) is 2.15. The van der Waals surface area contributed by atoms with Crippen LogP contribution in [0.3, 0.4) is 0 Å². The van der Waals surface area contributed by atoms with Crippen LogP contribution in [0.4, 0.5) is 0 Å². The Labute approximate surface area is 99.0 Å². The maximum absolute atomic E-state index is 6.63. The second-order valence-corrected chi connectivity index (χ2v) is 5.88. The standard InChI is InChI=1S/C15H23N/c1-11-5-4-6-14(8-11)15(16)9-12(2)7-13(3)10-15/h4-6,8,12-13H,7,9-10,16H2,1-3H3. The van der Waals surface area contributed by atoms with E-state index in [1.165, 1.54) is 17.5 Å². The summed E-state index contributed by atoms with van der Waals surface area (Å²) in [6.07, 6.45) is 3.58. The van der Waals surface area contributed by atoms with Crippen LogP contribution in [-0.2, 0) is 5.54 Å². The third kappa shape index (κ3) is 2.30. The van der Waals surface area contributed by atoms with Crippen molar-refractivity contribution >= 4 is 0 Å². The van der Waals surface area contributed by atoms with E-state index in [9.17, 15) is 0 Å². The molecule has 1 nitrogen and oxygen atoms in total. The fourth-order valence-corrected chi connectivity index (χ4v) is 3.37. The fraction of sp³-hybridized carbons (Fsp3) is 0.600. The van der Waals surface area contributed by atoms with Gasteiger partial charge in [-0.2, -0.15) is 0 Å². The van der Waals surface area contributed by atoms with E-state index in [1.807, 2.05) is 0 Å². The molecule has 2 atom stereocenters. The predicted molar refractivity (Wildman–Crippen MR) is 69.2 cm³/mol. The first kappa shape index (κ1) is 11.7. The first-order valence-electron chi connectivity index (χ1n) is 6.35. The zero-order valence-corrected chi connectivity index (χ0v) is 10.7. The van der Waals surface area contributed by atoms with E-state index in [2.05, 4.69) is 45.0 Å². The molecule has 2 rings (SSSR count). The van der Waals surface area contributed by atoms with Gasteiger partial charge in [0.15, 0.2) is 0 Å². The summed E-state index contributed by atoms with van der Waals surface area (Å²) < 4.78 is 0. The quantitative estimate of drug-likeness (QED) is 0.764. The Morgan fingerprint density at radius 1 is 1.19 bits per heavy atom. The van der Waals surface area contributed by atoms with Crippen molar-refractivity contribution in [2.45, 2.75) is 45.6 Å². The highest BCUT2D eigenvalue weighted by Gasteiger charge is 2.35. The van der Waals surface area contributed by atoms with E-state index >= 15 is 0 Å². The SMILES string of the molecule is Cc1cccc(C2(N)CC(C)CC(C)C2)c1. The lowest BCUT2D eigenvalue weighted by Gasteiger charge is -2.40. The molecule has 1 aromatic rings.